The first-order chi connectivity index (χ1) is 6.16. The molecule has 1 nitrogen and oxygen atoms in total. The van der Waals surface area contributed by atoms with Gasteiger partial charge in [0.05, 0.1) is 0 Å². The zero-order chi connectivity index (χ0) is 9.42. The molecule has 66 valence electrons. The fraction of sp³-hybridized carbons (Fsp3) is 0.182. The first-order valence-electron chi connectivity index (χ1n) is 4.18. The molecule has 2 aromatic rings. The van der Waals surface area contributed by atoms with E-state index in [1.807, 2.05) is 18.2 Å². The predicted molar refractivity (Wildman–Crippen MR) is 56.6 cm³/mol. The Morgan fingerprint density at radius 3 is 2.77 bits per heavy atom. The lowest BCUT2D eigenvalue weighted by Gasteiger charge is -1.94. The van der Waals surface area contributed by atoms with Gasteiger partial charge in [0.15, 0.2) is 5.78 Å². The van der Waals surface area contributed by atoms with Crippen LogP contribution in [0.1, 0.15) is 22.2 Å². The second-order valence-electron chi connectivity index (χ2n) is 3.17. The first-order valence-corrected chi connectivity index (χ1v) is 4.99. The standard InChI is InChI=1S/C11H10OS/c1-7-5-10-4-3-9(8(2)12)6-11(10)13-7/h3-6H,1-2H3. The van der Waals surface area contributed by atoms with E-state index in [1.54, 1.807) is 18.3 Å². The van der Waals surface area contributed by atoms with Gasteiger partial charge in [0.25, 0.3) is 0 Å². The van der Waals surface area contributed by atoms with Crippen LogP contribution in [0.25, 0.3) is 10.1 Å². The maximum Gasteiger partial charge on any atom is 0.159 e. The van der Waals surface area contributed by atoms with Crippen molar-refractivity contribution in [1.82, 2.24) is 0 Å². The van der Waals surface area contributed by atoms with Crippen molar-refractivity contribution < 1.29 is 4.79 Å². The molecular weight excluding hydrogens is 180 g/mol. The molecule has 0 saturated heterocycles. The summed E-state index contributed by atoms with van der Waals surface area (Å²) in [5.41, 5.74) is 0.800. The third-order valence-corrected chi connectivity index (χ3v) is 3.06. The van der Waals surface area contributed by atoms with E-state index >= 15 is 0 Å². The van der Waals surface area contributed by atoms with E-state index in [4.69, 9.17) is 0 Å². The van der Waals surface area contributed by atoms with Crippen LogP contribution < -0.4 is 0 Å². The number of benzene rings is 1. The number of hydrogen-bond acceptors (Lipinski definition) is 2. The lowest BCUT2D eigenvalue weighted by molar-refractivity contribution is 0.101. The molecule has 2 rings (SSSR count). The maximum absolute atomic E-state index is 11.1. The van der Waals surface area contributed by atoms with Crippen molar-refractivity contribution in [2.75, 3.05) is 0 Å². The van der Waals surface area contributed by atoms with Crippen molar-refractivity contribution in [3.63, 3.8) is 0 Å². The smallest absolute Gasteiger partial charge is 0.159 e. The molecule has 13 heavy (non-hydrogen) atoms. The second kappa shape index (κ2) is 2.96. The molecule has 2 heteroatoms. The molecule has 1 aromatic carbocycles. The van der Waals surface area contributed by atoms with Crippen LogP contribution in [0, 0.1) is 6.92 Å². The third kappa shape index (κ3) is 1.49. The number of rotatable bonds is 1. The molecule has 1 heterocycles. The average molecular weight is 190 g/mol. The number of ketones is 1. The minimum Gasteiger partial charge on any atom is -0.295 e. The number of hydrogen-bond donors (Lipinski definition) is 0. The van der Waals surface area contributed by atoms with Crippen molar-refractivity contribution in [1.29, 1.82) is 0 Å². The van der Waals surface area contributed by atoms with E-state index in [9.17, 15) is 4.79 Å². The summed E-state index contributed by atoms with van der Waals surface area (Å²) in [6.45, 7) is 3.68. The molecule has 0 spiro atoms. The van der Waals surface area contributed by atoms with Gasteiger partial charge in [-0.05, 0) is 31.4 Å². The number of carbonyl (C=O) groups excluding carboxylic acids is 1. The summed E-state index contributed by atoms with van der Waals surface area (Å²) < 4.78 is 1.20. The molecule has 0 saturated carbocycles. The third-order valence-electron chi connectivity index (χ3n) is 2.05. The Morgan fingerprint density at radius 1 is 1.31 bits per heavy atom. The van der Waals surface area contributed by atoms with Crippen LogP contribution in [0.3, 0.4) is 0 Å². The number of fused-ring (bicyclic) bond motifs is 1. The topological polar surface area (TPSA) is 17.1 Å². The Balaban J connectivity index is 2.67. The summed E-state index contributed by atoms with van der Waals surface area (Å²) in [5.74, 6) is 0.132. The summed E-state index contributed by atoms with van der Waals surface area (Å²) in [6, 6.07) is 8.01. The van der Waals surface area contributed by atoms with Gasteiger partial charge >= 0.3 is 0 Å². The SMILES string of the molecule is CC(=O)c1ccc2cc(C)sc2c1. The highest BCUT2D eigenvalue weighted by atomic mass is 32.1. The maximum atomic E-state index is 11.1. The average Bonchev–Trinajstić information content (AvgIpc) is 2.42. The summed E-state index contributed by atoms with van der Waals surface area (Å²) in [4.78, 5) is 12.4. The largest absolute Gasteiger partial charge is 0.295 e. The van der Waals surface area contributed by atoms with Gasteiger partial charge in [-0.25, -0.2) is 0 Å². The molecule has 0 amide bonds. The molecule has 0 atom stereocenters. The normalized spacial score (nSPS) is 10.6. The van der Waals surface area contributed by atoms with E-state index < -0.39 is 0 Å². The van der Waals surface area contributed by atoms with Gasteiger partial charge in [-0.2, -0.15) is 0 Å². The van der Waals surface area contributed by atoms with Gasteiger partial charge in [0.1, 0.15) is 0 Å². The summed E-state index contributed by atoms with van der Waals surface area (Å²) in [6.07, 6.45) is 0. The van der Waals surface area contributed by atoms with Crippen molar-refractivity contribution in [3.05, 3.63) is 34.7 Å². The molecule has 0 radical (unpaired) electrons. The van der Waals surface area contributed by atoms with Crippen molar-refractivity contribution in [2.45, 2.75) is 13.8 Å². The fourth-order valence-corrected chi connectivity index (χ4v) is 2.35. The highest BCUT2D eigenvalue weighted by Crippen LogP contribution is 2.25. The van der Waals surface area contributed by atoms with Crippen LogP contribution in [0.15, 0.2) is 24.3 Å². The Labute approximate surface area is 81.0 Å². The molecule has 0 fully saturated rings. The van der Waals surface area contributed by atoms with E-state index in [0.717, 1.165) is 5.56 Å². The number of thiophene rings is 1. The molecule has 0 aliphatic heterocycles. The zero-order valence-corrected chi connectivity index (χ0v) is 8.44. The van der Waals surface area contributed by atoms with Crippen LogP contribution in [0.5, 0.6) is 0 Å². The molecule has 0 aliphatic carbocycles. The quantitative estimate of drug-likeness (QED) is 0.630. The first kappa shape index (κ1) is 8.45. The minimum atomic E-state index is 0.132. The number of aryl methyl sites for hydroxylation is 1. The van der Waals surface area contributed by atoms with Gasteiger partial charge < -0.3 is 0 Å². The predicted octanol–water partition coefficient (Wildman–Crippen LogP) is 3.41. The van der Waals surface area contributed by atoms with Gasteiger partial charge in [-0.1, -0.05) is 12.1 Å². The number of Topliss-reactive ketones (excluding diaryl/α,β-unsaturated/α-hetero) is 1. The lowest BCUT2D eigenvalue weighted by Crippen LogP contribution is -1.89. The van der Waals surface area contributed by atoms with Gasteiger partial charge in [0, 0.05) is 15.1 Å². The zero-order valence-electron chi connectivity index (χ0n) is 7.63. The van der Waals surface area contributed by atoms with Crippen molar-refractivity contribution in [2.24, 2.45) is 0 Å². The van der Waals surface area contributed by atoms with Crippen LogP contribution in [0.4, 0.5) is 0 Å². The number of carbonyl (C=O) groups is 1. The molecule has 0 aliphatic rings. The summed E-state index contributed by atoms with van der Waals surface area (Å²) >= 11 is 1.73. The highest BCUT2D eigenvalue weighted by molar-refractivity contribution is 7.19. The molecule has 1 aromatic heterocycles. The van der Waals surface area contributed by atoms with Gasteiger partial charge in [-0.3, -0.25) is 4.79 Å². The minimum absolute atomic E-state index is 0.132. The van der Waals surface area contributed by atoms with Crippen molar-refractivity contribution >= 4 is 27.2 Å². The summed E-state index contributed by atoms with van der Waals surface area (Å²) in [5, 5.41) is 1.23. The Bertz CT molecular complexity index is 468. The van der Waals surface area contributed by atoms with E-state index in [1.165, 1.54) is 15.0 Å². The molecule has 0 bridgehead atoms. The van der Waals surface area contributed by atoms with Crippen LogP contribution in [0.2, 0.25) is 0 Å². The molecular formula is C11H10OS. The highest BCUT2D eigenvalue weighted by Gasteiger charge is 2.02. The van der Waals surface area contributed by atoms with E-state index in [2.05, 4.69) is 13.0 Å². The van der Waals surface area contributed by atoms with Gasteiger partial charge in [0.2, 0.25) is 0 Å². The van der Waals surface area contributed by atoms with Crippen LogP contribution >= 0.6 is 11.3 Å². The van der Waals surface area contributed by atoms with Gasteiger partial charge in [-0.15, -0.1) is 11.3 Å². The Hall–Kier alpha value is -1.15. The van der Waals surface area contributed by atoms with E-state index in [-0.39, 0.29) is 5.78 Å². The van der Waals surface area contributed by atoms with Crippen LogP contribution in [-0.4, -0.2) is 5.78 Å². The van der Waals surface area contributed by atoms with E-state index in [0.29, 0.717) is 0 Å². The molecule has 0 unspecified atom stereocenters. The fourth-order valence-electron chi connectivity index (χ4n) is 1.38. The summed E-state index contributed by atoms with van der Waals surface area (Å²) in [7, 11) is 0. The second-order valence-corrected chi connectivity index (χ2v) is 4.45. The lowest BCUT2D eigenvalue weighted by atomic mass is 10.1. The Morgan fingerprint density at radius 2 is 2.08 bits per heavy atom. The molecule has 0 N–H and O–H groups in total. The monoisotopic (exact) mass is 190 g/mol. The van der Waals surface area contributed by atoms with Crippen molar-refractivity contribution in [3.8, 4) is 0 Å². The Kier molecular flexibility index (Phi) is 1.93. The van der Waals surface area contributed by atoms with Crippen LogP contribution in [-0.2, 0) is 0 Å².